The highest BCUT2D eigenvalue weighted by molar-refractivity contribution is 5.87. The molecule has 22 heavy (non-hydrogen) atoms. The third kappa shape index (κ3) is 2.79. The van der Waals surface area contributed by atoms with Gasteiger partial charge in [-0.25, -0.2) is 13.6 Å². The van der Waals surface area contributed by atoms with Gasteiger partial charge in [0, 0.05) is 18.7 Å². The number of hydrogen-bond donors (Lipinski definition) is 1. The van der Waals surface area contributed by atoms with Crippen LogP contribution < -0.4 is 4.74 Å². The van der Waals surface area contributed by atoms with Gasteiger partial charge in [0.2, 0.25) is 0 Å². The topological polar surface area (TPSA) is 64.4 Å². The van der Waals surface area contributed by atoms with Crippen LogP contribution in [0.4, 0.5) is 8.78 Å². The molecule has 1 aromatic heterocycles. The van der Waals surface area contributed by atoms with Gasteiger partial charge in [0.15, 0.2) is 17.3 Å². The molecule has 0 spiro atoms. The van der Waals surface area contributed by atoms with Crippen LogP contribution in [-0.4, -0.2) is 27.5 Å². The van der Waals surface area contributed by atoms with E-state index in [1.54, 1.807) is 0 Å². The summed E-state index contributed by atoms with van der Waals surface area (Å²) < 4.78 is 34.4. The molecule has 5 nitrogen and oxygen atoms in total. The van der Waals surface area contributed by atoms with Gasteiger partial charge in [0.05, 0.1) is 12.3 Å². The van der Waals surface area contributed by atoms with E-state index < -0.39 is 17.6 Å². The van der Waals surface area contributed by atoms with Gasteiger partial charge in [-0.3, -0.25) is 4.68 Å². The van der Waals surface area contributed by atoms with Crippen LogP contribution in [0.1, 0.15) is 23.3 Å². The molecule has 0 amide bonds. The molecule has 1 aromatic carbocycles. The zero-order valence-electron chi connectivity index (χ0n) is 11.8. The van der Waals surface area contributed by atoms with Crippen molar-refractivity contribution in [1.29, 1.82) is 0 Å². The van der Waals surface area contributed by atoms with Gasteiger partial charge in [0.25, 0.3) is 0 Å². The third-order valence-electron chi connectivity index (χ3n) is 3.54. The standard InChI is InChI=1S/C15H14F2N2O3/c1-19-13(6-12(18-19)15(20)21)10-4-9(16)5-11(17)14(10)22-7-8-2-3-8/h4-6,8H,2-3,7H2,1H3,(H,20,21). The van der Waals surface area contributed by atoms with Crippen LogP contribution in [0.5, 0.6) is 5.75 Å². The maximum Gasteiger partial charge on any atom is 0.356 e. The number of benzene rings is 1. The first-order valence-corrected chi connectivity index (χ1v) is 6.85. The minimum atomic E-state index is -1.21. The van der Waals surface area contributed by atoms with Crippen LogP contribution in [-0.2, 0) is 7.05 Å². The summed E-state index contributed by atoms with van der Waals surface area (Å²) in [6.45, 7) is 0.360. The Morgan fingerprint density at radius 3 is 2.73 bits per heavy atom. The van der Waals surface area contributed by atoms with Gasteiger partial charge in [0.1, 0.15) is 5.82 Å². The van der Waals surface area contributed by atoms with Crippen molar-refractivity contribution < 1.29 is 23.4 Å². The monoisotopic (exact) mass is 308 g/mol. The van der Waals surface area contributed by atoms with Gasteiger partial charge < -0.3 is 9.84 Å². The summed E-state index contributed by atoms with van der Waals surface area (Å²) >= 11 is 0. The molecular formula is C15H14F2N2O3. The Morgan fingerprint density at radius 1 is 1.41 bits per heavy atom. The van der Waals surface area contributed by atoms with Crippen molar-refractivity contribution in [1.82, 2.24) is 9.78 Å². The van der Waals surface area contributed by atoms with Gasteiger partial charge >= 0.3 is 5.97 Å². The van der Waals surface area contributed by atoms with Gasteiger partial charge in [-0.1, -0.05) is 0 Å². The first-order valence-electron chi connectivity index (χ1n) is 6.85. The Morgan fingerprint density at radius 2 is 2.14 bits per heavy atom. The van der Waals surface area contributed by atoms with Crippen molar-refractivity contribution in [2.75, 3.05) is 6.61 Å². The Balaban J connectivity index is 2.05. The number of aryl methyl sites for hydroxylation is 1. The molecule has 1 N–H and O–H groups in total. The van der Waals surface area contributed by atoms with Crippen LogP contribution in [0.15, 0.2) is 18.2 Å². The van der Waals surface area contributed by atoms with Crippen molar-refractivity contribution in [3.05, 3.63) is 35.5 Å². The average Bonchev–Trinajstić information content (AvgIpc) is 3.18. The van der Waals surface area contributed by atoms with E-state index >= 15 is 0 Å². The number of aromatic carboxylic acids is 1. The normalized spacial score (nSPS) is 14.1. The summed E-state index contributed by atoms with van der Waals surface area (Å²) in [7, 11) is 1.51. The first-order chi connectivity index (χ1) is 10.5. The first kappa shape index (κ1) is 14.5. The lowest BCUT2D eigenvalue weighted by Gasteiger charge is -2.12. The van der Waals surface area contributed by atoms with Gasteiger partial charge in [-0.15, -0.1) is 0 Å². The van der Waals surface area contributed by atoms with Crippen LogP contribution >= 0.6 is 0 Å². The summed E-state index contributed by atoms with van der Waals surface area (Å²) in [5.41, 5.74) is 0.234. The lowest BCUT2D eigenvalue weighted by atomic mass is 10.1. The second-order valence-electron chi connectivity index (χ2n) is 5.36. The minimum Gasteiger partial charge on any atom is -0.490 e. The molecule has 2 aromatic rings. The summed E-state index contributed by atoms with van der Waals surface area (Å²) in [6, 6.07) is 3.13. The Labute approximate surface area is 125 Å². The molecule has 0 atom stereocenters. The van der Waals surface area contributed by atoms with E-state index in [0.717, 1.165) is 25.0 Å². The van der Waals surface area contributed by atoms with E-state index in [-0.39, 0.29) is 22.7 Å². The Kier molecular flexibility index (Phi) is 3.56. The van der Waals surface area contributed by atoms with Crippen LogP contribution in [0.25, 0.3) is 11.3 Å². The molecule has 0 saturated heterocycles. The zero-order valence-corrected chi connectivity index (χ0v) is 11.8. The lowest BCUT2D eigenvalue weighted by Crippen LogP contribution is -2.05. The highest BCUT2D eigenvalue weighted by atomic mass is 19.1. The molecule has 0 aliphatic heterocycles. The fourth-order valence-electron chi connectivity index (χ4n) is 2.21. The molecule has 1 aliphatic carbocycles. The number of carboxylic acids is 1. The lowest BCUT2D eigenvalue weighted by molar-refractivity contribution is 0.0689. The molecule has 1 aliphatic rings. The van der Waals surface area contributed by atoms with Crippen molar-refractivity contribution in [2.24, 2.45) is 13.0 Å². The summed E-state index contributed by atoms with van der Waals surface area (Å²) in [6.07, 6.45) is 2.07. The van der Waals surface area contributed by atoms with Crippen LogP contribution in [0, 0.1) is 17.6 Å². The number of carboxylic acid groups (broad SMARTS) is 1. The SMILES string of the molecule is Cn1nc(C(=O)O)cc1-c1cc(F)cc(F)c1OCC1CC1. The highest BCUT2D eigenvalue weighted by Gasteiger charge is 2.25. The minimum absolute atomic E-state index is 0.0757. The molecule has 0 bridgehead atoms. The second-order valence-corrected chi connectivity index (χ2v) is 5.36. The molecule has 1 saturated carbocycles. The molecular weight excluding hydrogens is 294 g/mol. The second kappa shape index (κ2) is 5.40. The van der Waals surface area contributed by atoms with Crippen molar-refractivity contribution in [3.8, 4) is 17.0 Å². The van der Waals surface area contributed by atoms with E-state index in [1.165, 1.54) is 17.8 Å². The van der Waals surface area contributed by atoms with E-state index in [4.69, 9.17) is 9.84 Å². The van der Waals surface area contributed by atoms with Crippen LogP contribution in [0.3, 0.4) is 0 Å². The number of rotatable bonds is 5. The van der Waals surface area contributed by atoms with E-state index in [0.29, 0.717) is 12.5 Å². The summed E-state index contributed by atoms with van der Waals surface area (Å²) in [5.74, 6) is -2.45. The third-order valence-corrected chi connectivity index (χ3v) is 3.54. The Bertz CT molecular complexity index is 739. The fourth-order valence-corrected chi connectivity index (χ4v) is 2.21. The maximum atomic E-state index is 14.1. The predicted molar refractivity (Wildman–Crippen MR) is 73.7 cm³/mol. The number of aromatic nitrogens is 2. The Hall–Kier alpha value is -2.44. The molecule has 0 unspecified atom stereocenters. The number of ether oxygens (including phenoxy) is 1. The number of halogens is 2. The van der Waals surface area contributed by atoms with Gasteiger partial charge in [-0.05, 0) is 30.9 Å². The summed E-state index contributed by atoms with van der Waals surface area (Å²) in [4.78, 5) is 11.0. The van der Waals surface area contributed by atoms with Crippen molar-refractivity contribution in [2.45, 2.75) is 12.8 Å². The molecule has 1 fully saturated rings. The quantitative estimate of drug-likeness (QED) is 0.922. The molecule has 0 radical (unpaired) electrons. The number of nitrogens with zero attached hydrogens (tertiary/aromatic N) is 2. The molecule has 7 heteroatoms. The smallest absolute Gasteiger partial charge is 0.356 e. The maximum absolute atomic E-state index is 14.1. The highest BCUT2D eigenvalue weighted by Crippen LogP contribution is 2.36. The molecule has 3 rings (SSSR count). The number of carbonyl (C=O) groups is 1. The largest absolute Gasteiger partial charge is 0.490 e. The average molecular weight is 308 g/mol. The molecule has 1 heterocycles. The van der Waals surface area contributed by atoms with Crippen molar-refractivity contribution in [3.63, 3.8) is 0 Å². The fraction of sp³-hybridized carbons (Fsp3) is 0.333. The van der Waals surface area contributed by atoms with E-state index in [9.17, 15) is 13.6 Å². The van der Waals surface area contributed by atoms with E-state index in [1.807, 2.05) is 0 Å². The number of hydrogen-bond acceptors (Lipinski definition) is 3. The van der Waals surface area contributed by atoms with Crippen molar-refractivity contribution >= 4 is 5.97 Å². The van der Waals surface area contributed by atoms with Gasteiger partial charge in [-0.2, -0.15) is 5.10 Å². The van der Waals surface area contributed by atoms with Crippen LogP contribution in [0.2, 0.25) is 0 Å². The predicted octanol–water partition coefficient (Wildman–Crippen LogP) is 2.85. The van der Waals surface area contributed by atoms with E-state index in [2.05, 4.69) is 5.10 Å². The summed E-state index contributed by atoms with van der Waals surface area (Å²) in [5, 5.41) is 12.8. The zero-order chi connectivity index (χ0) is 15.9. The molecule has 116 valence electrons.